The topological polar surface area (TPSA) is 58.9 Å². The molecule has 2 N–H and O–H groups in total. The first-order valence-corrected chi connectivity index (χ1v) is 3.29. The quantitative estimate of drug-likeness (QED) is 0.279. The molecule has 0 heterocycles. The van der Waals surface area contributed by atoms with Crippen LogP contribution in [0.1, 0.15) is 0 Å². The molecule has 6 heteroatoms. The Bertz CT molecular complexity index is 59.5. The summed E-state index contributed by atoms with van der Waals surface area (Å²) in [6, 6.07) is 0. The zero-order valence-corrected chi connectivity index (χ0v) is 11.5. The third-order valence-electron chi connectivity index (χ3n) is 0.843. The summed E-state index contributed by atoms with van der Waals surface area (Å²) in [6.45, 7) is 1.73. The molecule has 4 nitrogen and oxygen atoms in total. The maximum atomic E-state index is 8.26. The van der Waals surface area contributed by atoms with E-state index in [2.05, 4.69) is 0 Å². The van der Waals surface area contributed by atoms with Crippen LogP contribution in [0.15, 0.2) is 0 Å². The van der Waals surface area contributed by atoms with Crippen molar-refractivity contribution in [2.75, 3.05) is 39.6 Å². The maximum absolute atomic E-state index is 8.26. The molecule has 0 spiro atoms. The van der Waals surface area contributed by atoms with E-state index in [0.717, 1.165) is 0 Å². The fourth-order valence-corrected chi connectivity index (χ4v) is 0.451. The molecule has 12 heavy (non-hydrogen) atoms. The molecule has 0 saturated heterocycles. The van der Waals surface area contributed by atoms with Gasteiger partial charge < -0.3 is 43.7 Å². The Hall–Kier alpha value is 1.57. The van der Waals surface area contributed by atoms with Gasteiger partial charge in [-0.1, -0.05) is 0 Å². The van der Waals surface area contributed by atoms with Gasteiger partial charge in [0, 0.05) is 0 Å². The molecule has 0 aliphatic heterocycles. The van der Waals surface area contributed by atoms with Gasteiger partial charge in [-0.25, -0.2) is 0 Å². The van der Waals surface area contributed by atoms with E-state index in [9.17, 15) is 0 Å². The number of hydrogen-bond acceptors (Lipinski definition) is 4. The summed E-state index contributed by atoms with van der Waals surface area (Å²) in [5.41, 5.74) is 0. The van der Waals surface area contributed by atoms with Crippen LogP contribution in [0.25, 0.3) is 0 Å². The van der Waals surface area contributed by atoms with Crippen molar-refractivity contribution < 1.29 is 73.2 Å². The predicted octanol–water partition coefficient (Wildman–Crippen LogP) is -6.99. The number of hydrogen-bond donors (Lipinski definition) is 2. The molecule has 0 fully saturated rings. The van der Waals surface area contributed by atoms with E-state index in [0.29, 0.717) is 26.4 Å². The maximum Gasteiger partial charge on any atom is 1.00 e. The largest absolute Gasteiger partial charge is 1.00 e. The normalized spacial score (nSPS) is 8.50. The Balaban J connectivity index is -0.000000405. The van der Waals surface area contributed by atoms with Crippen LogP contribution in [-0.4, -0.2) is 49.9 Å². The second kappa shape index (κ2) is 18.4. The zero-order valence-electron chi connectivity index (χ0n) is 7.33. The smallest absolute Gasteiger partial charge is 1.00 e. The zero-order chi connectivity index (χ0) is 7.66. The van der Waals surface area contributed by atoms with Crippen LogP contribution in [-0.2, 0) is 9.47 Å². The summed E-state index contributed by atoms with van der Waals surface area (Å²) in [5, 5.41) is 16.5. The van der Waals surface area contributed by atoms with Crippen LogP contribution in [0.2, 0.25) is 0 Å². The minimum Gasteiger partial charge on any atom is -1.00 e. The van der Waals surface area contributed by atoms with Gasteiger partial charge >= 0.3 is 29.6 Å². The monoisotopic (exact) mass is 300 g/mol. The summed E-state index contributed by atoms with van der Waals surface area (Å²) in [6.07, 6.45) is 0. The van der Waals surface area contributed by atoms with E-state index in [1.165, 1.54) is 0 Å². The molecular formula is C6H14INaO4. The molecule has 0 aliphatic rings. The van der Waals surface area contributed by atoms with Crippen LogP contribution < -0.4 is 53.5 Å². The number of halogens is 1. The van der Waals surface area contributed by atoms with Crippen LogP contribution in [0.3, 0.4) is 0 Å². The second-order valence-electron chi connectivity index (χ2n) is 1.67. The van der Waals surface area contributed by atoms with Gasteiger partial charge in [-0.05, 0) is 0 Å². The molecule has 70 valence electrons. The molecule has 0 aromatic heterocycles. The van der Waals surface area contributed by atoms with Gasteiger partial charge in [-0.3, -0.25) is 0 Å². The number of ether oxygens (including phenoxy) is 2. The Kier molecular flexibility index (Phi) is 29.4. The van der Waals surface area contributed by atoms with Crippen molar-refractivity contribution >= 4 is 0 Å². The molecule has 0 bridgehead atoms. The van der Waals surface area contributed by atoms with Crippen molar-refractivity contribution in [3.63, 3.8) is 0 Å². The molecule has 0 saturated carbocycles. The summed E-state index contributed by atoms with van der Waals surface area (Å²) >= 11 is 0. The Morgan fingerprint density at radius 2 is 1.08 bits per heavy atom. The SMILES string of the molecule is OCCOCCOCCO.[I-].[Na+]. The fraction of sp³-hybridized carbons (Fsp3) is 1.00. The van der Waals surface area contributed by atoms with E-state index >= 15 is 0 Å². The van der Waals surface area contributed by atoms with E-state index in [1.807, 2.05) is 0 Å². The van der Waals surface area contributed by atoms with Gasteiger partial charge in [-0.2, -0.15) is 0 Å². The second-order valence-corrected chi connectivity index (χ2v) is 1.67. The summed E-state index contributed by atoms with van der Waals surface area (Å²) in [7, 11) is 0. The van der Waals surface area contributed by atoms with Crippen molar-refractivity contribution in [1.29, 1.82) is 0 Å². The van der Waals surface area contributed by atoms with Gasteiger partial charge in [0.05, 0.1) is 39.6 Å². The van der Waals surface area contributed by atoms with E-state index < -0.39 is 0 Å². The first-order chi connectivity index (χ1) is 4.91. The third-order valence-corrected chi connectivity index (χ3v) is 0.843. The van der Waals surface area contributed by atoms with E-state index in [4.69, 9.17) is 19.7 Å². The van der Waals surface area contributed by atoms with Gasteiger partial charge in [-0.15, -0.1) is 0 Å². The molecule has 0 aromatic carbocycles. The predicted molar refractivity (Wildman–Crippen MR) is 35.8 cm³/mol. The summed E-state index contributed by atoms with van der Waals surface area (Å²) in [4.78, 5) is 0. The van der Waals surface area contributed by atoms with Crippen LogP contribution in [0.4, 0.5) is 0 Å². The van der Waals surface area contributed by atoms with Gasteiger partial charge in [0.1, 0.15) is 0 Å². The minimum atomic E-state index is 0. The standard InChI is InChI=1S/C6H14O4.HI.Na/c7-1-3-9-5-6-10-4-2-8;;/h7-8H,1-6H2;1H;/q;;+1/p-1. The van der Waals surface area contributed by atoms with Crippen LogP contribution in [0, 0.1) is 0 Å². The van der Waals surface area contributed by atoms with Crippen molar-refractivity contribution in [3.8, 4) is 0 Å². The molecule has 0 amide bonds. The Morgan fingerprint density at radius 3 is 1.33 bits per heavy atom. The molecule has 0 unspecified atom stereocenters. The fourth-order valence-electron chi connectivity index (χ4n) is 0.451. The Labute approximate surface area is 112 Å². The molecule has 0 atom stereocenters. The van der Waals surface area contributed by atoms with Crippen molar-refractivity contribution in [2.24, 2.45) is 0 Å². The summed E-state index contributed by atoms with van der Waals surface area (Å²) < 4.78 is 9.75. The average Bonchev–Trinajstić information content (AvgIpc) is 1.97. The Morgan fingerprint density at radius 1 is 0.750 bits per heavy atom. The van der Waals surface area contributed by atoms with E-state index in [-0.39, 0.29) is 66.7 Å². The van der Waals surface area contributed by atoms with Crippen molar-refractivity contribution in [2.45, 2.75) is 0 Å². The molecule has 0 aliphatic carbocycles. The van der Waals surface area contributed by atoms with E-state index in [1.54, 1.807) is 0 Å². The van der Waals surface area contributed by atoms with Gasteiger partial charge in [0.15, 0.2) is 0 Å². The molecule has 0 aromatic rings. The summed E-state index contributed by atoms with van der Waals surface area (Å²) in [5.74, 6) is 0. The number of aliphatic hydroxyl groups is 2. The van der Waals surface area contributed by atoms with Crippen LogP contribution in [0.5, 0.6) is 0 Å². The van der Waals surface area contributed by atoms with Crippen LogP contribution >= 0.6 is 0 Å². The minimum absolute atomic E-state index is 0. The third kappa shape index (κ3) is 17.6. The molecular weight excluding hydrogens is 286 g/mol. The average molecular weight is 300 g/mol. The van der Waals surface area contributed by atoms with Gasteiger partial charge in [0.25, 0.3) is 0 Å². The number of rotatable bonds is 7. The first-order valence-electron chi connectivity index (χ1n) is 3.29. The van der Waals surface area contributed by atoms with Gasteiger partial charge in [0.2, 0.25) is 0 Å². The molecule has 0 rings (SSSR count). The number of aliphatic hydroxyl groups excluding tert-OH is 2. The van der Waals surface area contributed by atoms with Crippen molar-refractivity contribution in [1.82, 2.24) is 0 Å². The van der Waals surface area contributed by atoms with Crippen molar-refractivity contribution in [3.05, 3.63) is 0 Å². The molecule has 0 radical (unpaired) electrons. The first kappa shape index (κ1) is 19.2.